The number of methoxy groups -OCH3 is 1. The van der Waals surface area contributed by atoms with Gasteiger partial charge in [-0.25, -0.2) is 4.98 Å². The van der Waals surface area contributed by atoms with Gasteiger partial charge in [0.25, 0.3) is 0 Å². The number of pyridine rings is 1. The number of esters is 1. The molecule has 0 atom stereocenters. The quantitative estimate of drug-likeness (QED) is 0.736. The van der Waals surface area contributed by atoms with E-state index in [1.807, 2.05) is 6.92 Å². The molecule has 1 aromatic heterocycles. The van der Waals surface area contributed by atoms with E-state index in [-0.39, 0.29) is 12.5 Å². The lowest BCUT2D eigenvalue weighted by atomic mass is 10.4. The molecule has 0 aliphatic heterocycles. The second-order valence-electron chi connectivity index (χ2n) is 2.71. The third kappa shape index (κ3) is 3.46. The summed E-state index contributed by atoms with van der Waals surface area (Å²) in [6.07, 6.45) is 1.63. The molecule has 0 aromatic carbocycles. The number of nitrogens with zero attached hydrogens (tertiary/aromatic N) is 1. The highest BCUT2D eigenvalue weighted by molar-refractivity contribution is 5.75. The van der Waals surface area contributed by atoms with Crippen LogP contribution in [0, 0.1) is 0 Å². The van der Waals surface area contributed by atoms with Crippen LogP contribution in [0.5, 0.6) is 5.75 Å². The molecular formula is C10H14N2O3. The Balaban J connectivity index is 2.62. The molecule has 0 saturated heterocycles. The van der Waals surface area contributed by atoms with Crippen molar-refractivity contribution in [3.05, 3.63) is 18.3 Å². The van der Waals surface area contributed by atoms with E-state index in [0.717, 1.165) is 0 Å². The second-order valence-corrected chi connectivity index (χ2v) is 2.71. The fourth-order valence-electron chi connectivity index (χ4n) is 1.02. The SMILES string of the molecule is CCOc1cccnc1NCC(=O)OC. The van der Waals surface area contributed by atoms with Gasteiger partial charge >= 0.3 is 5.97 Å². The number of carbonyl (C=O) groups is 1. The van der Waals surface area contributed by atoms with Crippen molar-refractivity contribution in [2.75, 3.05) is 25.6 Å². The molecule has 0 spiro atoms. The van der Waals surface area contributed by atoms with Crippen LogP contribution in [0.2, 0.25) is 0 Å². The van der Waals surface area contributed by atoms with Gasteiger partial charge in [0.1, 0.15) is 6.54 Å². The molecule has 0 aliphatic carbocycles. The van der Waals surface area contributed by atoms with Gasteiger partial charge in [-0.3, -0.25) is 4.79 Å². The number of hydrogen-bond acceptors (Lipinski definition) is 5. The first-order chi connectivity index (χ1) is 7.27. The predicted molar refractivity (Wildman–Crippen MR) is 55.9 cm³/mol. The fourth-order valence-corrected chi connectivity index (χ4v) is 1.02. The highest BCUT2D eigenvalue weighted by Gasteiger charge is 2.05. The fraction of sp³-hybridized carbons (Fsp3) is 0.400. The summed E-state index contributed by atoms with van der Waals surface area (Å²) >= 11 is 0. The van der Waals surface area contributed by atoms with Crippen molar-refractivity contribution in [2.45, 2.75) is 6.92 Å². The third-order valence-electron chi connectivity index (χ3n) is 1.70. The summed E-state index contributed by atoms with van der Waals surface area (Å²) in [7, 11) is 1.34. The normalized spacial score (nSPS) is 9.47. The maximum absolute atomic E-state index is 10.9. The van der Waals surface area contributed by atoms with E-state index in [1.165, 1.54) is 7.11 Å². The van der Waals surface area contributed by atoms with Crippen LogP contribution in [0.15, 0.2) is 18.3 Å². The molecular weight excluding hydrogens is 196 g/mol. The highest BCUT2D eigenvalue weighted by Crippen LogP contribution is 2.20. The number of anilines is 1. The van der Waals surface area contributed by atoms with Gasteiger partial charge in [0.05, 0.1) is 13.7 Å². The van der Waals surface area contributed by atoms with Crippen LogP contribution >= 0.6 is 0 Å². The Bertz CT molecular complexity index is 328. The minimum Gasteiger partial charge on any atom is -0.490 e. The minimum absolute atomic E-state index is 0.0770. The molecule has 0 amide bonds. The van der Waals surface area contributed by atoms with Crippen molar-refractivity contribution in [3.8, 4) is 5.75 Å². The zero-order valence-corrected chi connectivity index (χ0v) is 8.82. The van der Waals surface area contributed by atoms with Gasteiger partial charge in [-0.15, -0.1) is 0 Å². The van der Waals surface area contributed by atoms with Crippen molar-refractivity contribution in [1.29, 1.82) is 0 Å². The van der Waals surface area contributed by atoms with Gasteiger partial charge in [0.15, 0.2) is 11.6 Å². The zero-order chi connectivity index (χ0) is 11.1. The van der Waals surface area contributed by atoms with E-state index >= 15 is 0 Å². The summed E-state index contributed by atoms with van der Waals surface area (Å²) < 4.78 is 9.83. The van der Waals surface area contributed by atoms with Crippen molar-refractivity contribution < 1.29 is 14.3 Å². The van der Waals surface area contributed by atoms with Crippen LogP contribution in [-0.2, 0) is 9.53 Å². The zero-order valence-electron chi connectivity index (χ0n) is 8.82. The Hall–Kier alpha value is -1.78. The molecule has 0 bridgehead atoms. The molecule has 5 heteroatoms. The average Bonchev–Trinajstić information content (AvgIpc) is 2.28. The molecule has 5 nitrogen and oxygen atoms in total. The molecule has 82 valence electrons. The van der Waals surface area contributed by atoms with Crippen molar-refractivity contribution >= 4 is 11.8 Å². The van der Waals surface area contributed by atoms with Crippen molar-refractivity contribution in [2.24, 2.45) is 0 Å². The predicted octanol–water partition coefficient (Wildman–Crippen LogP) is 1.07. The van der Waals surface area contributed by atoms with E-state index in [0.29, 0.717) is 18.2 Å². The first kappa shape index (κ1) is 11.3. The summed E-state index contributed by atoms with van der Waals surface area (Å²) in [5, 5.41) is 2.84. The molecule has 1 N–H and O–H groups in total. The Morgan fingerprint density at radius 2 is 2.40 bits per heavy atom. The topological polar surface area (TPSA) is 60.5 Å². The molecule has 0 saturated carbocycles. The van der Waals surface area contributed by atoms with Gasteiger partial charge in [0.2, 0.25) is 0 Å². The van der Waals surface area contributed by atoms with Gasteiger partial charge in [0, 0.05) is 6.20 Å². The Morgan fingerprint density at radius 3 is 3.07 bits per heavy atom. The maximum Gasteiger partial charge on any atom is 0.325 e. The second kappa shape index (κ2) is 5.85. The van der Waals surface area contributed by atoms with Crippen LogP contribution in [-0.4, -0.2) is 31.2 Å². The molecule has 0 unspecified atom stereocenters. The summed E-state index contributed by atoms with van der Waals surface area (Å²) in [6.45, 7) is 2.52. The smallest absolute Gasteiger partial charge is 0.325 e. The van der Waals surface area contributed by atoms with Crippen LogP contribution < -0.4 is 10.1 Å². The standard InChI is InChI=1S/C10H14N2O3/c1-3-15-8-5-4-6-11-10(8)12-7-9(13)14-2/h4-6H,3,7H2,1-2H3,(H,11,12). The van der Waals surface area contributed by atoms with E-state index in [4.69, 9.17) is 4.74 Å². The number of rotatable bonds is 5. The van der Waals surface area contributed by atoms with E-state index < -0.39 is 0 Å². The van der Waals surface area contributed by atoms with Crippen LogP contribution in [0.3, 0.4) is 0 Å². The maximum atomic E-state index is 10.9. The minimum atomic E-state index is -0.344. The summed E-state index contributed by atoms with van der Waals surface area (Å²) in [5.41, 5.74) is 0. The number of ether oxygens (including phenoxy) is 2. The molecule has 0 fully saturated rings. The molecule has 1 aromatic rings. The Morgan fingerprint density at radius 1 is 1.60 bits per heavy atom. The number of carbonyl (C=O) groups excluding carboxylic acids is 1. The highest BCUT2D eigenvalue weighted by atomic mass is 16.5. The summed E-state index contributed by atoms with van der Waals surface area (Å²) in [4.78, 5) is 15.0. The van der Waals surface area contributed by atoms with Crippen LogP contribution in [0.25, 0.3) is 0 Å². The third-order valence-corrected chi connectivity index (χ3v) is 1.70. The number of aromatic nitrogens is 1. The Kier molecular flexibility index (Phi) is 4.40. The van der Waals surface area contributed by atoms with Gasteiger partial charge < -0.3 is 14.8 Å². The molecule has 15 heavy (non-hydrogen) atoms. The Labute approximate surface area is 88.4 Å². The van der Waals surface area contributed by atoms with Crippen LogP contribution in [0.1, 0.15) is 6.92 Å². The van der Waals surface area contributed by atoms with Gasteiger partial charge in [-0.1, -0.05) is 0 Å². The lowest BCUT2D eigenvalue weighted by Gasteiger charge is -2.09. The average molecular weight is 210 g/mol. The summed E-state index contributed by atoms with van der Waals surface area (Å²) in [5.74, 6) is 0.830. The van der Waals surface area contributed by atoms with Gasteiger partial charge in [-0.05, 0) is 19.1 Å². The molecule has 1 heterocycles. The van der Waals surface area contributed by atoms with E-state index in [9.17, 15) is 4.79 Å². The lowest BCUT2D eigenvalue weighted by molar-refractivity contribution is -0.138. The van der Waals surface area contributed by atoms with E-state index in [1.54, 1.807) is 18.3 Å². The monoisotopic (exact) mass is 210 g/mol. The first-order valence-electron chi connectivity index (χ1n) is 4.66. The molecule has 0 aliphatic rings. The summed E-state index contributed by atoms with van der Waals surface area (Å²) in [6, 6.07) is 3.56. The van der Waals surface area contributed by atoms with Crippen molar-refractivity contribution in [3.63, 3.8) is 0 Å². The largest absolute Gasteiger partial charge is 0.490 e. The van der Waals surface area contributed by atoms with Gasteiger partial charge in [-0.2, -0.15) is 0 Å². The van der Waals surface area contributed by atoms with Crippen molar-refractivity contribution in [1.82, 2.24) is 4.98 Å². The first-order valence-corrected chi connectivity index (χ1v) is 4.66. The van der Waals surface area contributed by atoms with E-state index in [2.05, 4.69) is 15.0 Å². The number of nitrogens with one attached hydrogen (secondary N) is 1. The van der Waals surface area contributed by atoms with Crippen LogP contribution in [0.4, 0.5) is 5.82 Å². The number of hydrogen-bond donors (Lipinski definition) is 1. The molecule has 0 radical (unpaired) electrons. The molecule has 1 rings (SSSR count). The lowest BCUT2D eigenvalue weighted by Crippen LogP contribution is -2.16.